The second-order valence-corrected chi connectivity index (χ2v) is 6.27. The summed E-state index contributed by atoms with van der Waals surface area (Å²) in [5.41, 5.74) is 0.969. The smallest absolute Gasteiger partial charge is 0.121 e. The van der Waals surface area contributed by atoms with Crippen LogP contribution >= 0.6 is 11.3 Å². The SMILES string of the molecule is Cc1ccc(CNCCOc2ccc3cccnc3c2)s1. The van der Waals surface area contributed by atoms with Crippen LogP contribution in [0.3, 0.4) is 0 Å². The summed E-state index contributed by atoms with van der Waals surface area (Å²) >= 11 is 1.83. The number of thiophene rings is 1. The second kappa shape index (κ2) is 6.70. The molecular weight excluding hydrogens is 280 g/mol. The Morgan fingerprint density at radius 3 is 3.00 bits per heavy atom. The average molecular weight is 298 g/mol. The molecule has 0 fully saturated rings. The predicted molar refractivity (Wildman–Crippen MR) is 88.0 cm³/mol. The Kier molecular flexibility index (Phi) is 4.48. The molecule has 0 unspecified atom stereocenters. The number of benzene rings is 1. The molecule has 3 aromatic rings. The molecule has 21 heavy (non-hydrogen) atoms. The minimum Gasteiger partial charge on any atom is -0.492 e. The molecule has 0 bridgehead atoms. The van der Waals surface area contributed by atoms with Crippen LogP contribution in [0.5, 0.6) is 5.75 Å². The summed E-state index contributed by atoms with van der Waals surface area (Å²) in [6.45, 7) is 4.52. The van der Waals surface area contributed by atoms with Gasteiger partial charge in [-0.3, -0.25) is 4.98 Å². The fraction of sp³-hybridized carbons (Fsp3) is 0.235. The van der Waals surface area contributed by atoms with Gasteiger partial charge in [-0.2, -0.15) is 0 Å². The van der Waals surface area contributed by atoms with E-state index in [0.29, 0.717) is 6.61 Å². The highest BCUT2D eigenvalue weighted by molar-refractivity contribution is 7.11. The van der Waals surface area contributed by atoms with Gasteiger partial charge in [0, 0.05) is 40.5 Å². The van der Waals surface area contributed by atoms with E-state index >= 15 is 0 Å². The zero-order chi connectivity index (χ0) is 14.5. The molecule has 0 atom stereocenters. The van der Waals surface area contributed by atoms with Gasteiger partial charge in [0.25, 0.3) is 0 Å². The van der Waals surface area contributed by atoms with Crippen molar-refractivity contribution in [1.82, 2.24) is 10.3 Å². The monoisotopic (exact) mass is 298 g/mol. The zero-order valence-electron chi connectivity index (χ0n) is 12.0. The van der Waals surface area contributed by atoms with E-state index in [2.05, 4.69) is 35.4 Å². The summed E-state index contributed by atoms with van der Waals surface area (Å²) in [5, 5.41) is 4.53. The van der Waals surface area contributed by atoms with E-state index in [1.807, 2.05) is 35.6 Å². The Balaban J connectivity index is 1.46. The normalized spacial score (nSPS) is 10.9. The van der Waals surface area contributed by atoms with E-state index in [1.54, 1.807) is 6.20 Å². The third-order valence-corrected chi connectivity index (χ3v) is 4.22. The largest absolute Gasteiger partial charge is 0.492 e. The molecular formula is C17H18N2OS. The predicted octanol–water partition coefficient (Wildman–Crippen LogP) is 3.77. The van der Waals surface area contributed by atoms with Crippen LogP contribution in [-0.4, -0.2) is 18.1 Å². The van der Waals surface area contributed by atoms with Crippen molar-refractivity contribution in [2.45, 2.75) is 13.5 Å². The van der Waals surface area contributed by atoms with E-state index < -0.39 is 0 Å². The van der Waals surface area contributed by atoms with Crippen LogP contribution in [0.15, 0.2) is 48.7 Å². The van der Waals surface area contributed by atoms with E-state index in [0.717, 1.165) is 29.7 Å². The molecule has 0 saturated carbocycles. The maximum Gasteiger partial charge on any atom is 0.121 e. The molecule has 108 valence electrons. The summed E-state index contributed by atoms with van der Waals surface area (Å²) in [6.07, 6.45) is 1.80. The first-order chi connectivity index (χ1) is 10.3. The third kappa shape index (κ3) is 3.80. The lowest BCUT2D eigenvalue weighted by Crippen LogP contribution is -2.20. The standard InChI is InChI=1S/C17H18N2OS/c1-13-4-7-16(21-13)12-18-9-10-20-15-6-5-14-3-2-8-19-17(14)11-15/h2-8,11,18H,9-10,12H2,1H3. The molecule has 3 rings (SSSR count). The number of aromatic nitrogens is 1. The summed E-state index contributed by atoms with van der Waals surface area (Å²) in [4.78, 5) is 7.05. The molecule has 0 aliphatic carbocycles. The highest BCUT2D eigenvalue weighted by Gasteiger charge is 1.99. The Hall–Kier alpha value is -1.91. The number of hydrogen-bond donors (Lipinski definition) is 1. The molecule has 2 heterocycles. The number of nitrogens with one attached hydrogen (secondary N) is 1. The Bertz CT molecular complexity index is 723. The van der Waals surface area contributed by atoms with Gasteiger partial charge in [0.1, 0.15) is 12.4 Å². The minimum absolute atomic E-state index is 0.655. The van der Waals surface area contributed by atoms with Crippen LogP contribution in [0.1, 0.15) is 9.75 Å². The molecule has 0 amide bonds. The summed E-state index contributed by atoms with van der Waals surface area (Å²) in [7, 11) is 0. The Morgan fingerprint density at radius 1 is 1.19 bits per heavy atom. The number of aryl methyl sites for hydroxylation is 1. The molecule has 0 aliphatic heterocycles. The van der Waals surface area contributed by atoms with Gasteiger partial charge in [-0.05, 0) is 37.3 Å². The van der Waals surface area contributed by atoms with Crippen LogP contribution in [0.25, 0.3) is 10.9 Å². The Morgan fingerprint density at radius 2 is 2.14 bits per heavy atom. The molecule has 0 radical (unpaired) electrons. The van der Waals surface area contributed by atoms with Crippen LogP contribution in [0, 0.1) is 6.92 Å². The number of hydrogen-bond acceptors (Lipinski definition) is 4. The van der Waals surface area contributed by atoms with E-state index in [-0.39, 0.29) is 0 Å². The molecule has 0 spiro atoms. The fourth-order valence-electron chi connectivity index (χ4n) is 2.17. The van der Waals surface area contributed by atoms with Gasteiger partial charge in [-0.25, -0.2) is 0 Å². The molecule has 0 aliphatic rings. The van der Waals surface area contributed by atoms with Crippen molar-refractivity contribution < 1.29 is 4.74 Å². The molecule has 0 saturated heterocycles. The maximum absolute atomic E-state index is 5.76. The zero-order valence-corrected chi connectivity index (χ0v) is 12.8. The van der Waals surface area contributed by atoms with Crippen molar-refractivity contribution in [3.05, 3.63) is 58.4 Å². The molecule has 4 heteroatoms. The lowest BCUT2D eigenvalue weighted by atomic mass is 10.2. The molecule has 1 aromatic carbocycles. The van der Waals surface area contributed by atoms with Gasteiger partial charge in [0.2, 0.25) is 0 Å². The Labute approximate surface area is 128 Å². The lowest BCUT2D eigenvalue weighted by molar-refractivity contribution is 0.314. The van der Waals surface area contributed by atoms with Crippen molar-refractivity contribution in [2.75, 3.05) is 13.2 Å². The van der Waals surface area contributed by atoms with E-state index in [4.69, 9.17) is 4.74 Å². The van der Waals surface area contributed by atoms with Gasteiger partial charge in [-0.1, -0.05) is 6.07 Å². The number of pyridine rings is 1. The number of fused-ring (bicyclic) bond motifs is 1. The molecule has 1 N–H and O–H groups in total. The number of rotatable bonds is 6. The van der Waals surface area contributed by atoms with E-state index in [1.165, 1.54) is 9.75 Å². The highest BCUT2D eigenvalue weighted by Crippen LogP contribution is 2.18. The van der Waals surface area contributed by atoms with Crippen LogP contribution in [-0.2, 0) is 6.54 Å². The van der Waals surface area contributed by atoms with Crippen molar-refractivity contribution in [3.8, 4) is 5.75 Å². The fourth-order valence-corrected chi connectivity index (χ4v) is 3.03. The minimum atomic E-state index is 0.655. The van der Waals surface area contributed by atoms with Gasteiger partial charge >= 0.3 is 0 Å². The van der Waals surface area contributed by atoms with Gasteiger partial charge in [0.05, 0.1) is 5.52 Å². The first kappa shape index (κ1) is 14.0. The van der Waals surface area contributed by atoms with Gasteiger partial charge in [0.15, 0.2) is 0 Å². The van der Waals surface area contributed by atoms with Crippen LogP contribution in [0.2, 0.25) is 0 Å². The highest BCUT2D eigenvalue weighted by atomic mass is 32.1. The molecule has 3 nitrogen and oxygen atoms in total. The first-order valence-electron chi connectivity index (χ1n) is 7.05. The van der Waals surface area contributed by atoms with Gasteiger partial charge in [-0.15, -0.1) is 11.3 Å². The quantitative estimate of drug-likeness (QED) is 0.703. The van der Waals surface area contributed by atoms with Crippen molar-refractivity contribution in [1.29, 1.82) is 0 Å². The van der Waals surface area contributed by atoms with E-state index in [9.17, 15) is 0 Å². The maximum atomic E-state index is 5.76. The average Bonchev–Trinajstić information content (AvgIpc) is 2.92. The lowest BCUT2D eigenvalue weighted by Gasteiger charge is -2.07. The summed E-state index contributed by atoms with van der Waals surface area (Å²) in [6, 6.07) is 14.3. The summed E-state index contributed by atoms with van der Waals surface area (Å²) in [5.74, 6) is 0.870. The van der Waals surface area contributed by atoms with Crippen molar-refractivity contribution in [2.24, 2.45) is 0 Å². The van der Waals surface area contributed by atoms with Crippen LogP contribution < -0.4 is 10.1 Å². The second-order valence-electron chi connectivity index (χ2n) is 4.90. The van der Waals surface area contributed by atoms with Crippen molar-refractivity contribution >= 4 is 22.2 Å². The molecule has 2 aromatic heterocycles. The third-order valence-electron chi connectivity index (χ3n) is 3.22. The van der Waals surface area contributed by atoms with Crippen LogP contribution in [0.4, 0.5) is 0 Å². The topological polar surface area (TPSA) is 34.1 Å². The number of ether oxygens (including phenoxy) is 1. The van der Waals surface area contributed by atoms with Crippen molar-refractivity contribution in [3.63, 3.8) is 0 Å². The first-order valence-corrected chi connectivity index (χ1v) is 7.86. The summed E-state index contributed by atoms with van der Waals surface area (Å²) < 4.78 is 5.76. The van der Waals surface area contributed by atoms with Gasteiger partial charge < -0.3 is 10.1 Å². The number of nitrogens with zero attached hydrogens (tertiary/aromatic N) is 1.